The number of hydrogen-bond donors (Lipinski definition) is 0. The number of rotatable bonds is 2. The molecule has 2 aromatic carbocycles. The summed E-state index contributed by atoms with van der Waals surface area (Å²) in [5.74, 6) is -25.8. The maximum absolute atomic E-state index is 14.2. The smallest absolute Gasteiger partial charge is 0.200 e. The number of Topliss-reactive ketones (excluding diaryl/α,β-unsaturated/α-hetero) is 1. The fraction of sp³-hybridized carbons (Fsp3) is 0.167. The van der Waals surface area contributed by atoms with E-state index in [0.29, 0.717) is 0 Å². The lowest BCUT2D eigenvalue weighted by molar-refractivity contribution is -0.114. The molecular weight excluding hydrogens is 422 g/mol. The normalized spacial score (nSPS) is 14.8. The summed E-state index contributed by atoms with van der Waals surface area (Å²) in [6.45, 7) is 0. The molecule has 0 N–H and O–H groups in total. The SMILES string of the molecule is O=C1CCCC(c2c(F)c(F)c(F)c(F)c2F)=C1c1c(F)c(F)c(F)c(F)c1F. The Morgan fingerprint density at radius 1 is 0.448 bits per heavy atom. The molecule has 2 aromatic rings. The summed E-state index contributed by atoms with van der Waals surface area (Å²) in [5, 5.41) is 0. The van der Waals surface area contributed by atoms with Gasteiger partial charge in [0, 0.05) is 12.0 Å². The van der Waals surface area contributed by atoms with Crippen LogP contribution in [0.4, 0.5) is 43.9 Å². The summed E-state index contributed by atoms with van der Waals surface area (Å²) < 4.78 is 137. The van der Waals surface area contributed by atoms with E-state index in [4.69, 9.17) is 0 Å². The average Bonchev–Trinajstić information content (AvgIpc) is 2.69. The van der Waals surface area contributed by atoms with E-state index in [1.54, 1.807) is 0 Å². The van der Waals surface area contributed by atoms with Crippen LogP contribution in [-0.4, -0.2) is 5.78 Å². The molecule has 0 heterocycles. The van der Waals surface area contributed by atoms with Gasteiger partial charge in [-0.2, -0.15) is 0 Å². The summed E-state index contributed by atoms with van der Waals surface area (Å²) >= 11 is 0. The number of halogens is 10. The van der Waals surface area contributed by atoms with Gasteiger partial charge in [-0.15, -0.1) is 0 Å². The van der Waals surface area contributed by atoms with E-state index in [9.17, 15) is 48.7 Å². The van der Waals surface area contributed by atoms with E-state index in [-0.39, 0.29) is 6.42 Å². The van der Waals surface area contributed by atoms with Crippen LogP contribution < -0.4 is 0 Å². The number of carbonyl (C=O) groups excluding carboxylic acids is 1. The predicted molar refractivity (Wildman–Crippen MR) is 78.1 cm³/mol. The van der Waals surface area contributed by atoms with Crippen LogP contribution in [0.1, 0.15) is 30.4 Å². The highest BCUT2D eigenvalue weighted by molar-refractivity contribution is 6.29. The van der Waals surface area contributed by atoms with Crippen molar-refractivity contribution in [3.05, 3.63) is 69.3 Å². The molecule has 0 radical (unpaired) electrons. The molecule has 0 unspecified atom stereocenters. The molecule has 0 spiro atoms. The van der Waals surface area contributed by atoms with Gasteiger partial charge < -0.3 is 0 Å². The van der Waals surface area contributed by atoms with Crippen LogP contribution in [0.15, 0.2) is 0 Å². The molecule has 0 saturated heterocycles. The molecule has 154 valence electrons. The molecule has 0 aromatic heterocycles. The van der Waals surface area contributed by atoms with Crippen molar-refractivity contribution in [3.63, 3.8) is 0 Å². The van der Waals surface area contributed by atoms with Crippen LogP contribution in [0, 0.1) is 58.2 Å². The van der Waals surface area contributed by atoms with Crippen molar-refractivity contribution in [1.29, 1.82) is 0 Å². The van der Waals surface area contributed by atoms with Crippen LogP contribution in [0.2, 0.25) is 0 Å². The molecule has 0 fully saturated rings. The number of carbonyl (C=O) groups is 1. The van der Waals surface area contributed by atoms with Gasteiger partial charge in [0.25, 0.3) is 0 Å². The van der Waals surface area contributed by atoms with E-state index in [2.05, 4.69) is 0 Å². The fourth-order valence-corrected chi connectivity index (χ4v) is 3.08. The second kappa shape index (κ2) is 7.20. The van der Waals surface area contributed by atoms with Crippen molar-refractivity contribution >= 4 is 16.9 Å². The third-order valence-electron chi connectivity index (χ3n) is 4.38. The van der Waals surface area contributed by atoms with Crippen LogP contribution in [0.25, 0.3) is 11.1 Å². The van der Waals surface area contributed by atoms with Gasteiger partial charge in [0.05, 0.1) is 11.1 Å². The van der Waals surface area contributed by atoms with E-state index < -0.39 is 99.1 Å². The Morgan fingerprint density at radius 3 is 1.21 bits per heavy atom. The number of hydrogen-bond acceptors (Lipinski definition) is 1. The predicted octanol–water partition coefficient (Wildman–Crippen LogP) is 5.74. The Hall–Kier alpha value is -2.85. The summed E-state index contributed by atoms with van der Waals surface area (Å²) in [7, 11) is 0. The van der Waals surface area contributed by atoms with Crippen molar-refractivity contribution in [2.45, 2.75) is 19.3 Å². The third-order valence-corrected chi connectivity index (χ3v) is 4.38. The van der Waals surface area contributed by atoms with Gasteiger partial charge in [-0.05, 0) is 18.4 Å². The van der Waals surface area contributed by atoms with Crippen molar-refractivity contribution in [3.8, 4) is 0 Å². The molecule has 1 aliphatic rings. The van der Waals surface area contributed by atoms with Crippen molar-refractivity contribution < 1.29 is 48.7 Å². The van der Waals surface area contributed by atoms with Crippen molar-refractivity contribution in [2.24, 2.45) is 0 Å². The van der Waals surface area contributed by atoms with Gasteiger partial charge in [-0.25, -0.2) is 43.9 Å². The molecule has 1 aliphatic carbocycles. The average molecular weight is 428 g/mol. The van der Waals surface area contributed by atoms with Crippen molar-refractivity contribution in [1.82, 2.24) is 0 Å². The lowest BCUT2D eigenvalue weighted by Gasteiger charge is -2.22. The molecule has 1 nitrogen and oxygen atoms in total. The molecular formula is C18H6F10O. The molecule has 11 heteroatoms. The molecule has 0 saturated carbocycles. The first-order valence-corrected chi connectivity index (χ1v) is 7.80. The number of ketones is 1. The van der Waals surface area contributed by atoms with Gasteiger partial charge in [-0.3, -0.25) is 4.79 Å². The minimum atomic E-state index is -2.55. The van der Waals surface area contributed by atoms with Gasteiger partial charge in [0.15, 0.2) is 52.3 Å². The monoisotopic (exact) mass is 428 g/mol. The second-order valence-corrected chi connectivity index (χ2v) is 6.02. The summed E-state index contributed by atoms with van der Waals surface area (Å²) in [5.41, 5.74) is -5.87. The summed E-state index contributed by atoms with van der Waals surface area (Å²) in [4.78, 5) is 12.2. The third kappa shape index (κ3) is 2.99. The first-order chi connectivity index (χ1) is 13.5. The molecule has 0 bridgehead atoms. The van der Waals surface area contributed by atoms with Crippen molar-refractivity contribution in [2.75, 3.05) is 0 Å². The maximum atomic E-state index is 14.2. The molecule has 0 atom stereocenters. The maximum Gasteiger partial charge on any atom is 0.200 e. The Bertz CT molecular complexity index is 1040. The Kier molecular flexibility index (Phi) is 5.18. The first-order valence-electron chi connectivity index (χ1n) is 7.80. The Balaban J connectivity index is 2.50. The minimum absolute atomic E-state index is 0.230. The lowest BCUT2D eigenvalue weighted by Crippen LogP contribution is -2.18. The van der Waals surface area contributed by atoms with Crippen LogP contribution in [0.5, 0.6) is 0 Å². The Labute approximate surface area is 155 Å². The van der Waals surface area contributed by atoms with E-state index >= 15 is 0 Å². The van der Waals surface area contributed by atoms with E-state index in [0.717, 1.165) is 0 Å². The van der Waals surface area contributed by atoms with Gasteiger partial charge in [0.2, 0.25) is 11.6 Å². The van der Waals surface area contributed by atoms with Crippen LogP contribution >= 0.6 is 0 Å². The zero-order valence-electron chi connectivity index (χ0n) is 13.8. The summed E-state index contributed by atoms with van der Waals surface area (Å²) in [6.07, 6.45) is -1.38. The Morgan fingerprint density at radius 2 is 0.793 bits per heavy atom. The molecule has 0 amide bonds. The number of allylic oxidation sites excluding steroid dienone is 2. The highest BCUT2D eigenvalue weighted by Gasteiger charge is 2.36. The largest absolute Gasteiger partial charge is 0.294 e. The van der Waals surface area contributed by atoms with Gasteiger partial charge >= 0.3 is 0 Å². The second-order valence-electron chi connectivity index (χ2n) is 6.02. The standard InChI is InChI=1S/C18H6F10O/c19-9-7(10(20)14(24)17(27)13(9)23)4-2-1-3-5(29)6(4)8-11(21)15(25)18(28)16(26)12(8)22/h1-3H2. The van der Waals surface area contributed by atoms with E-state index in [1.807, 2.05) is 0 Å². The van der Waals surface area contributed by atoms with Gasteiger partial charge in [0.1, 0.15) is 0 Å². The topological polar surface area (TPSA) is 17.1 Å². The summed E-state index contributed by atoms with van der Waals surface area (Å²) in [6, 6.07) is 0. The molecule has 29 heavy (non-hydrogen) atoms. The fourth-order valence-electron chi connectivity index (χ4n) is 3.08. The van der Waals surface area contributed by atoms with Crippen LogP contribution in [-0.2, 0) is 4.79 Å². The molecule has 0 aliphatic heterocycles. The lowest BCUT2D eigenvalue weighted by atomic mass is 9.82. The highest BCUT2D eigenvalue weighted by Crippen LogP contribution is 2.42. The minimum Gasteiger partial charge on any atom is -0.294 e. The number of benzene rings is 2. The molecule has 3 rings (SSSR count). The van der Waals surface area contributed by atoms with Crippen LogP contribution in [0.3, 0.4) is 0 Å². The first kappa shape index (κ1) is 20.9. The quantitative estimate of drug-likeness (QED) is 0.339. The van der Waals surface area contributed by atoms with Gasteiger partial charge in [-0.1, -0.05) is 0 Å². The van der Waals surface area contributed by atoms with E-state index in [1.165, 1.54) is 0 Å². The zero-order chi connectivity index (χ0) is 21.8. The zero-order valence-corrected chi connectivity index (χ0v) is 13.8. The highest BCUT2D eigenvalue weighted by atomic mass is 19.2.